The Hall–Kier alpha value is -1.94. The Balaban J connectivity index is 1.83. The Morgan fingerprint density at radius 1 is 1.45 bits per heavy atom. The van der Waals surface area contributed by atoms with Gasteiger partial charge in [0, 0.05) is 24.5 Å². The first kappa shape index (κ1) is 24.2. The Morgan fingerprint density at radius 3 is 2.79 bits per heavy atom. The number of carbonyl (C=O) groups is 3. The molecule has 1 aromatic rings. The van der Waals surface area contributed by atoms with Crippen LogP contribution < -0.4 is 4.90 Å². The number of hydrogen-bond donors (Lipinski definition) is 2. The van der Waals surface area contributed by atoms with E-state index in [-0.39, 0.29) is 30.9 Å². The lowest BCUT2D eigenvalue weighted by molar-refractivity contribution is -0.149. The lowest BCUT2D eigenvalue weighted by Crippen LogP contribution is -2.57. The number of likely N-dealkylation sites (tertiary alicyclic amines) is 1. The molecular weight excluding hydrogens is 516 g/mol. The molecule has 0 aliphatic carbocycles. The van der Waals surface area contributed by atoms with Crippen LogP contribution in [0.5, 0.6) is 0 Å². The summed E-state index contributed by atoms with van der Waals surface area (Å²) in [5.74, 6) is -3.99. The van der Waals surface area contributed by atoms with E-state index in [0.29, 0.717) is 17.1 Å². The number of aliphatic carboxylic acids is 1. The number of anilines is 1. The molecule has 3 aliphatic heterocycles. The first-order chi connectivity index (χ1) is 15.7. The summed E-state index contributed by atoms with van der Waals surface area (Å²) in [7, 11) is 0. The van der Waals surface area contributed by atoms with Gasteiger partial charge in [-0.2, -0.15) is 0 Å². The van der Waals surface area contributed by atoms with E-state index in [9.17, 15) is 24.6 Å². The van der Waals surface area contributed by atoms with E-state index in [1.54, 1.807) is 18.2 Å². The number of aliphatic hydroxyl groups is 1. The molecule has 2 N–H and O–H groups in total. The molecule has 178 valence electrons. The standard InChI is InChI=1S/C23H26BrClN2O6/c1-3-8-26(17-12(2)6-4-7-14(17)25)21(30)19-23-11-13(24)18(33-23)15(22(31)32)16(23)20(29)27(19)9-5-10-28/h3-4,6-7,13,15-16,18-19,28H,1,5,8-11H2,2H3,(H,31,32)/t13?,15-,16-,18-,19?,23?/m0/s1. The number of hydrogen-bond acceptors (Lipinski definition) is 5. The minimum absolute atomic E-state index is 0.112. The molecule has 3 saturated heterocycles. The number of nitrogens with zero attached hydrogens (tertiary/aromatic N) is 2. The topological polar surface area (TPSA) is 107 Å². The molecule has 3 unspecified atom stereocenters. The van der Waals surface area contributed by atoms with Gasteiger partial charge in [0.1, 0.15) is 11.6 Å². The van der Waals surface area contributed by atoms with Crippen LogP contribution >= 0.6 is 27.5 Å². The zero-order valence-corrected chi connectivity index (χ0v) is 20.5. The Labute approximate surface area is 205 Å². The van der Waals surface area contributed by atoms with Gasteiger partial charge in [-0.3, -0.25) is 14.4 Å². The fourth-order valence-electron chi connectivity index (χ4n) is 5.71. The van der Waals surface area contributed by atoms with E-state index in [1.807, 2.05) is 13.0 Å². The maximum atomic E-state index is 14.2. The molecule has 10 heteroatoms. The van der Waals surface area contributed by atoms with E-state index >= 15 is 0 Å². The Kier molecular flexibility index (Phi) is 6.61. The summed E-state index contributed by atoms with van der Waals surface area (Å²) in [6, 6.07) is 4.26. The van der Waals surface area contributed by atoms with Crippen molar-refractivity contribution in [3.63, 3.8) is 0 Å². The predicted molar refractivity (Wildman–Crippen MR) is 125 cm³/mol. The smallest absolute Gasteiger partial charge is 0.310 e. The average molecular weight is 542 g/mol. The van der Waals surface area contributed by atoms with Crippen LogP contribution in [0.15, 0.2) is 30.9 Å². The number of carboxylic acid groups (broad SMARTS) is 1. The summed E-state index contributed by atoms with van der Waals surface area (Å²) in [6.45, 7) is 5.69. The normalized spacial score (nSPS) is 32.2. The van der Waals surface area contributed by atoms with E-state index in [4.69, 9.17) is 16.3 Å². The number of fused-ring (bicyclic) bond motifs is 1. The average Bonchev–Trinajstić information content (AvgIpc) is 3.34. The zero-order chi connectivity index (χ0) is 24.1. The van der Waals surface area contributed by atoms with Crippen LogP contribution in [0.1, 0.15) is 18.4 Å². The molecule has 0 aromatic heterocycles. The fraction of sp³-hybridized carbons (Fsp3) is 0.522. The lowest BCUT2D eigenvalue weighted by Gasteiger charge is -2.37. The second-order valence-corrected chi connectivity index (χ2v) is 10.3. The summed E-state index contributed by atoms with van der Waals surface area (Å²) in [6.07, 6.45) is 1.45. The molecule has 1 spiro atoms. The van der Waals surface area contributed by atoms with Gasteiger partial charge in [-0.25, -0.2) is 0 Å². The van der Waals surface area contributed by atoms with Gasteiger partial charge < -0.3 is 24.7 Å². The van der Waals surface area contributed by atoms with Crippen molar-refractivity contribution in [1.82, 2.24) is 4.90 Å². The Bertz CT molecular complexity index is 985. The van der Waals surface area contributed by atoms with Gasteiger partial charge in [0.15, 0.2) is 0 Å². The summed E-state index contributed by atoms with van der Waals surface area (Å²) < 4.78 is 6.25. The van der Waals surface area contributed by atoms with E-state index in [2.05, 4.69) is 22.5 Å². The summed E-state index contributed by atoms with van der Waals surface area (Å²) in [4.78, 5) is 42.4. The number of para-hydroxylation sites is 1. The van der Waals surface area contributed by atoms with Crippen LogP contribution in [0.25, 0.3) is 0 Å². The molecule has 3 heterocycles. The molecule has 4 rings (SSSR count). The van der Waals surface area contributed by atoms with Gasteiger partial charge in [0.2, 0.25) is 5.91 Å². The second-order valence-electron chi connectivity index (χ2n) is 8.75. The number of carboxylic acids is 1. The molecule has 2 amide bonds. The van der Waals surface area contributed by atoms with Crippen LogP contribution in [-0.2, 0) is 19.1 Å². The fourth-order valence-corrected chi connectivity index (χ4v) is 6.97. The third-order valence-electron chi connectivity index (χ3n) is 6.90. The van der Waals surface area contributed by atoms with Crippen molar-refractivity contribution in [2.75, 3.05) is 24.6 Å². The molecule has 0 saturated carbocycles. The third-order valence-corrected chi connectivity index (χ3v) is 8.05. The summed E-state index contributed by atoms with van der Waals surface area (Å²) >= 11 is 10.00. The number of halogens is 2. The van der Waals surface area contributed by atoms with E-state index < -0.39 is 47.4 Å². The van der Waals surface area contributed by atoms with Crippen molar-refractivity contribution < 1.29 is 29.3 Å². The molecule has 33 heavy (non-hydrogen) atoms. The molecule has 3 fully saturated rings. The van der Waals surface area contributed by atoms with Gasteiger partial charge in [-0.1, -0.05) is 45.7 Å². The van der Waals surface area contributed by atoms with Crippen LogP contribution in [-0.4, -0.2) is 75.2 Å². The number of ether oxygens (including phenoxy) is 1. The monoisotopic (exact) mass is 540 g/mol. The SMILES string of the molecule is C=CCN(C(=O)C1N(CCCO)C(=O)[C@@H]2[C@H](C(=O)O)[C@H]3OC12CC3Br)c1c(C)cccc1Cl. The first-order valence-electron chi connectivity index (χ1n) is 10.8. The van der Waals surface area contributed by atoms with Gasteiger partial charge in [-0.05, 0) is 31.4 Å². The molecule has 3 aliphatic rings. The molecule has 6 atom stereocenters. The highest BCUT2D eigenvalue weighted by molar-refractivity contribution is 9.09. The highest BCUT2D eigenvalue weighted by atomic mass is 79.9. The molecular formula is C23H26BrClN2O6. The maximum absolute atomic E-state index is 14.2. The molecule has 0 radical (unpaired) electrons. The van der Waals surface area contributed by atoms with Crippen molar-refractivity contribution in [3.05, 3.63) is 41.4 Å². The van der Waals surface area contributed by atoms with Gasteiger partial charge in [-0.15, -0.1) is 6.58 Å². The number of carbonyl (C=O) groups excluding carboxylic acids is 2. The maximum Gasteiger partial charge on any atom is 0.310 e. The minimum Gasteiger partial charge on any atom is -0.481 e. The predicted octanol–water partition coefficient (Wildman–Crippen LogP) is 2.38. The number of aryl methyl sites for hydroxylation is 1. The first-order valence-corrected chi connectivity index (χ1v) is 12.1. The number of amides is 2. The van der Waals surface area contributed by atoms with E-state index in [1.165, 1.54) is 9.80 Å². The lowest BCUT2D eigenvalue weighted by atomic mass is 9.70. The van der Waals surface area contributed by atoms with Crippen LogP contribution in [0, 0.1) is 18.8 Å². The summed E-state index contributed by atoms with van der Waals surface area (Å²) in [5.41, 5.74) is 0.00713. The summed E-state index contributed by atoms with van der Waals surface area (Å²) in [5, 5.41) is 19.7. The number of benzene rings is 1. The highest BCUT2D eigenvalue weighted by Gasteiger charge is 2.76. The molecule has 2 bridgehead atoms. The van der Waals surface area contributed by atoms with Gasteiger partial charge in [0.05, 0.1) is 28.6 Å². The van der Waals surface area contributed by atoms with Crippen molar-refractivity contribution in [1.29, 1.82) is 0 Å². The van der Waals surface area contributed by atoms with Crippen LogP contribution in [0.2, 0.25) is 5.02 Å². The van der Waals surface area contributed by atoms with Gasteiger partial charge >= 0.3 is 5.97 Å². The molecule has 1 aromatic carbocycles. The highest BCUT2D eigenvalue weighted by Crippen LogP contribution is 2.60. The number of alkyl halides is 1. The largest absolute Gasteiger partial charge is 0.481 e. The quantitative estimate of drug-likeness (QED) is 0.387. The number of aliphatic hydroxyl groups excluding tert-OH is 1. The van der Waals surface area contributed by atoms with Crippen LogP contribution in [0.3, 0.4) is 0 Å². The Morgan fingerprint density at radius 2 is 2.18 bits per heavy atom. The molecule has 8 nitrogen and oxygen atoms in total. The van der Waals surface area contributed by atoms with Crippen molar-refractivity contribution in [2.45, 2.75) is 42.3 Å². The van der Waals surface area contributed by atoms with Crippen molar-refractivity contribution in [3.8, 4) is 0 Å². The zero-order valence-electron chi connectivity index (χ0n) is 18.1. The van der Waals surface area contributed by atoms with Crippen LogP contribution in [0.4, 0.5) is 5.69 Å². The number of rotatable bonds is 8. The third kappa shape index (κ3) is 3.60. The van der Waals surface area contributed by atoms with Gasteiger partial charge in [0.25, 0.3) is 5.91 Å². The van der Waals surface area contributed by atoms with Crippen molar-refractivity contribution in [2.24, 2.45) is 11.8 Å². The second kappa shape index (κ2) is 9.02. The van der Waals surface area contributed by atoms with E-state index in [0.717, 1.165) is 5.56 Å². The minimum atomic E-state index is -1.28. The van der Waals surface area contributed by atoms with Crippen molar-refractivity contribution >= 4 is 51.0 Å².